The van der Waals surface area contributed by atoms with Crippen molar-refractivity contribution in [1.29, 1.82) is 0 Å². The number of urea groups is 1. The van der Waals surface area contributed by atoms with Crippen LogP contribution in [0.25, 0.3) is 0 Å². The fourth-order valence-electron chi connectivity index (χ4n) is 5.06. The van der Waals surface area contributed by atoms with E-state index in [-0.39, 0.29) is 12.6 Å². The van der Waals surface area contributed by atoms with Crippen molar-refractivity contribution in [3.8, 4) is 0 Å². The Balaban J connectivity index is 1.40. The maximum atomic E-state index is 14.0. The van der Waals surface area contributed by atoms with E-state index in [2.05, 4.69) is 21.3 Å². The summed E-state index contributed by atoms with van der Waals surface area (Å²) in [4.78, 5) is 33.9. The Bertz CT molecular complexity index is 1060. The van der Waals surface area contributed by atoms with E-state index in [1.54, 1.807) is 13.8 Å². The summed E-state index contributed by atoms with van der Waals surface area (Å²) in [6.45, 7) is 7.49. The van der Waals surface area contributed by atoms with Crippen LogP contribution in [0.5, 0.6) is 0 Å². The highest BCUT2D eigenvalue weighted by atomic mass is 19.2. The number of amides is 3. The number of nitrogens with one attached hydrogen (secondary N) is 1. The highest BCUT2D eigenvalue weighted by molar-refractivity contribution is 5.96. The van der Waals surface area contributed by atoms with Gasteiger partial charge in [0.25, 0.3) is 5.91 Å². The molecule has 2 fully saturated rings. The lowest BCUT2D eigenvalue weighted by Crippen LogP contribution is -2.60. The zero-order chi connectivity index (χ0) is 25.2. The van der Waals surface area contributed by atoms with Crippen molar-refractivity contribution in [2.75, 3.05) is 26.2 Å². The summed E-state index contributed by atoms with van der Waals surface area (Å²) in [5.41, 5.74) is 0.429. The zero-order valence-corrected chi connectivity index (χ0v) is 20.3. The molecule has 3 heterocycles. The van der Waals surface area contributed by atoms with Crippen LogP contribution < -0.4 is 5.32 Å². The molecule has 0 bridgehead atoms. The standard InChI is InChI=1S/C26H32F2N4O3/c1-17(15-31-12-9-18(10-13-31)22-6-4-5-11-29-22)30-25(34)32-23(33)16-35-26(2,3)24(32)19-7-8-20(27)21(28)14-19/h4-8,11,14,17-18,24H,9-10,12-13,15-16H2,1-3H3,(H,30,34). The average Bonchev–Trinajstić information content (AvgIpc) is 2.83. The van der Waals surface area contributed by atoms with Gasteiger partial charge in [-0.05, 0) is 76.5 Å². The molecule has 0 saturated carbocycles. The van der Waals surface area contributed by atoms with E-state index in [4.69, 9.17) is 4.74 Å². The third-order valence-electron chi connectivity index (χ3n) is 6.83. The molecule has 188 valence electrons. The molecule has 0 aliphatic carbocycles. The highest BCUT2D eigenvalue weighted by Crippen LogP contribution is 2.38. The average molecular weight is 487 g/mol. The summed E-state index contributed by atoms with van der Waals surface area (Å²) >= 11 is 0. The van der Waals surface area contributed by atoms with Crippen molar-refractivity contribution >= 4 is 11.9 Å². The van der Waals surface area contributed by atoms with Crippen LogP contribution in [0.4, 0.5) is 13.6 Å². The fourth-order valence-corrected chi connectivity index (χ4v) is 5.06. The Kier molecular flexibility index (Phi) is 7.47. The molecule has 7 nitrogen and oxygen atoms in total. The van der Waals surface area contributed by atoms with Gasteiger partial charge >= 0.3 is 6.03 Å². The van der Waals surface area contributed by atoms with Gasteiger partial charge in [-0.1, -0.05) is 12.1 Å². The van der Waals surface area contributed by atoms with Crippen molar-refractivity contribution in [3.05, 3.63) is 65.5 Å². The first-order chi connectivity index (χ1) is 16.7. The fraction of sp³-hybridized carbons (Fsp3) is 0.500. The zero-order valence-electron chi connectivity index (χ0n) is 20.3. The number of morpholine rings is 1. The number of hydrogen-bond donors (Lipinski definition) is 1. The Labute approximate surface area is 204 Å². The second-order valence-corrected chi connectivity index (χ2v) is 9.91. The Morgan fingerprint density at radius 1 is 1.20 bits per heavy atom. The molecule has 1 aromatic heterocycles. The van der Waals surface area contributed by atoms with Gasteiger partial charge in [0.15, 0.2) is 11.6 Å². The van der Waals surface area contributed by atoms with Crippen molar-refractivity contribution in [2.45, 2.75) is 57.2 Å². The monoisotopic (exact) mass is 486 g/mol. The number of hydrogen-bond acceptors (Lipinski definition) is 5. The number of carbonyl (C=O) groups is 2. The maximum Gasteiger partial charge on any atom is 0.325 e. The van der Waals surface area contributed by atoms with Crippen LogP contribution in [-0.4, -0.2) is 64.6 Å². The summed E-state index contributed by atoms with van der Waals surface area (Å²) in [6, 6.07) is 7.67. The summed E-state index contributed by atoms with van der Waals surface area (Å²) in [7, 11) is 0. The number of benzene rings is 1. The van der Waals surface area contributed by atoms with E-state index in [1.807, 2.05) is 25.3 Å². The molecule has 2 aliphatic heterocycles. The second kappa shape index (κ2) is 10.4. The molecular formula is C26H32F2N4O3. The molecule has 9 heteroatoms. The number of likely N-dealkylation sites (tertiary alicyclic amines) is 1. The Morgan fingerprint density at radius 3 is 2.60 bits per heavy atom. The molecule has 2 saturated heterocycles. The van der Waals surface area contributed by atoms with Gasteiger partial charge in [0.2, 0.25) is 0 Å². The quantitative estimate of drug-likeness (QED) is 0.691. The molecule has 35 heavy (non-hydrogen) atoms. The van der Waals surface area contributed by atoms with E-state index in [0.717, 1.165) is 48.7 Å². The minimum absolute atomic E-state index is 0.224. The highest BCUT2D eigenvalue weighted by Gasteiger charge is 2.46. The minimum Gasteiger partial charge on any atom is -0.363 e. The first-order valence-corrected chi connectivity index (χ1v) is 12.0. The van der Waals surface area contributed by atoms with E-state index in [1.165, 1.54) is 6.07 Å². The molecule has 2 aromatic rings. The number of halogens is 2. The van der Waals surface area contributed by atoms with Crippen LogP contribution >= 0.6 is 0 Å². The third kappa shape index (κ3) is 5.67. The SMILES string of the molecule is CC(CN1CCC(c2ccccn2)CC1)NC(=O)N1C(=O)COC(C)(C)C1c1ccc(F)c(F)c1. The first-order valence-electron chi connectivity index (χ1n) is 12.0. The van der Waals surface area contributed by atoms with Gasteiger partial charge in [-0.2, -0.15) is 0 Å². The van der Waals surface area contributed by atoms with Gasteiger partial charge in [-0.15, -0.1) is 0 Å². The predicted octanol–water partition coefficient (Wildman–Crippen LogP) is 4.02. The molecule has 1 N–H and O–H groups in total. The van der Waals surface area contributed by atoms with Gasteiger partial charge in [-0.25, -0.2) is 13.6 Å². The predicted molar refractivity (Wildman–Crippen MR) is 127 cm³/mol. The topological polar surface area (TPSA) is 74.8 Å². The number of carbonyl (C=O) groups excluding carboxylic acids is 2. The van der Waals surface area contributed by atoms with Crippen LogP contribution in [0.2, 0.25) is 0 Å². The van der Waals surface area contributed by atoms with Gasteiger partial charge < -0.3 is 15.0 Å². The summed E-state index contributed by atoms with van der Waals surface area (Å²) < 4.78 is 33.2. The third-order valence-corrected chi connectivity index (χ3v) is 6.83. The van der Waals surface area contributed by atoms with E-state index in [0.29, 0.717) is 18.0 Å². The number of aromatic nitrogens is 1. The molecule has 3 amide bonds. The van der Waals surface area contributed by atoms with E-state index in [9.17, 15) is 18.4 Å². The Hall–Kier alpha value is -2.91. The van der Waals surface area contributed by atoms with Crippen LogP contribution in [0.3, 0.4) is 0 Å². The van der Waals surface area contributed by atoms with Crippen molar-refractivity contribution in [2.24, 2.45) is 0 Å². The van der Waals surface area contributed by atoms with Gasteiger partial charge in [0, 0.05) is 30.4 Å². The van der Waals surface area contributed by atoms with E-state index >= 15 is 0 Å². The molecule has 2 unspecified atom stereocenters. The normalized spacial score (nSPS) is 22.1. The molecule has 0 spiro atoms. The van der Waals surface area contributed by atoms with Crippen LogP contribution in [-0.2, 0) is 9.53 Å². The molecular weight excluding hydrogens is 454 g/mol. The van der Waals surface area contributed by atoms with Gasteiger partial charge in [0.1, 0.15) is 6.61 Å². The maximum absolute atomic E-state index is 14.0. The number of imide groups is 1. The van der Waals surface area contributed by atoms with Gasteiger partial charge in [-0.3, -0.25) is 14.7 Å². The number of rotatable bonds is 5. The lowest BCUT2D eigenvalue weighted by atomic mass is 9.88. The van der Waals surface area contributed by atoms with Crippen LogP contribution in [0.15, 0.2) is 42.6 Å². The van der Waals surface area contributed by atoms with Crippen LogP contribution in [0.1, 0.15) is 56.8 Å². The molecule has 0 radical (unpaired) electrons. The second-order valence-electron chi connectivity index (χ2n) is 9.91. The number of pyridine rings is 1. The number of ether oxygens (including phenoxy) is 1. The molecule has 2 aliphatic rings. The lowest BCUT2D eigenvalue weighted by Gasteiger charge is -2.45. The summed E-state index contributed by atoms with van der Waals surface area (Å²) in [6.07, 6.45) is 3.80. The Morgan fingerprint density at radius 2 is 1.94 bits per heavy atom. The van der Waals surface area contributed by atoms with Crippen LogP contribution in [0, 0.1) is 11.6 Å². The van der Waals surface area contributed by atoms with Crippen molar-refractivity contribution < 1.29 is 23.1 Å². The molecule has 2 atom stereocenters. The van der Waals surface area contributed by atoms with Gasteiger partial charge in [0.05, 0.1) is 11.6 Å². The van der Waals surface area contributed by atoms with Crippen molar-refractivity contribution in [3.63, 3.8) is 0 Å². The smallest absolute Gasteiger partial charge is 0.325 e. The minimum atomic E-state index is -1.04. The van der Waals surface area contributed by atoms with E-state index < -0.39 is 35.2 Å². The largest absolute Gasteiger partial charge is 0.363 e. The molecule has 1 aromatic carbocycles. The summed E-state index contributed by atoms with van der Waals surface area (Å²) in [5, 5.41) is 2.92. The lowest BCUT2D eigenvalue weighted by molar-refractivity contribution is -0.165. The van der Waals surface area contributed by atoms with Crippen molar-refractivity contribution in [1.82, 2.24) is 20.1 Å². The number of nitrogens with zero attached hydrogens (tertiary/aromatic N) is 3. The number of piperidine rings is 1. The summed E-state index contributed by atoms with van der Waals surface area (Å²) in [5.74, 6) is -2.13. The first kappa shape index (κ1) is 25.2. The molecule has 4 rings (SSSR count).